The van der Waals surface area contributed by atoms with Crippen LogP contribution in [0, 0.1) is 0 Å². The van der Waals surface area contributed by atoms with Gasteiger partial charge < -0.3 is 10.1 Å². The quantitative estimate of drug-likeness (QED) is 0.824. The van der Waals surface area contributed by atoms with Crippen molar-refractivity contribution in [3.8, 4) is 5.75 Å². The van der Waals surface area contributed by atoms with E-state index in [9.17, 15) is 0 Å². The fraction of sp³-hybridized carbons (Fsp3) is 0.143. The molecule has 0 fully saturated rings. The molecule has 1 unspecified atom stereocenters. The molecule has 1 heterocycles. The fourth-order valence-electron chi connectivity index (χ4n) is 2.03. The van der Waals surface area contributed by atoms with Gasteiger partial charge in [-0.1, -0.05) is 39.7 Å². The van der Waals surface area contributed by atoms with Crippen molar-refractivity contribution in [2.24, 2.45) is 0 Å². The molecule has 0 amide bonds. The van der Waals surface area contributed by atoms with Gasteiger partial charge in [0.15, 0.2) is 0 Å². The van der Waals surface area contributed by atoms with Gasteiger partial charge in [-0.15, -0.1) is 0 Å². The zero-order chi connectivity index (χ0) is 12.5. The van der Waals surface area contributed by atoms with Crippen LogP contribution in [-0.4, -0.2) is 6.54 Å². The molecule has 0 saturated carbocycles. The summed E-state index contributed by atoms with van der Waals surface area (Å²) in [5, 5.41) is 4.06. The summed E-state index contributed by atoms with van der Waals surface area (Å²) >= 11 is 9.43. The van der Waals surface area contributed by atoms with Crippen LogP contribution in [0.3, 0.4) is 0 Å². The predicted octanol–water partition coefficient (Wildman–Crippen LogP) is 4.65. The van der Waals surface area contributed by atoms with Gasteiger partial charge in [0.1, 0.15) is 11.9 Å². The second kappa shape index (κ2) is 4.82. The van der Waals surface area contributed by atoms with Gasteiger partial charge in [0.2, 0.25) is 0 Å². The highest BCUT2D eigenvalue weighted by molar-refractivity contribution is 9.10. The number of hydrogen-bond donors (Lipinski definition) is 1. The molecule has 92 valence electrons. The molecular weight excluding hydrogens is 314 g/mol. The molecule has 1 aliphatic rings. The largest absolute Gasteiger partial charge is 0.482 e. The van der Waals surface area contributed by atoms with Crippen LogP contribution in [0.4, 0.5) is 5.69 Å². The monoisotopic (exact) mass is 323 g/mol. The van der Waals surface area contributed by atoms with Crippen molar-refractivity contribution in [1.82, 2.24) is 0 Å². The van der Waals surface area contributed by atoms with Gasteiger partial charge in [0, 0.05) is 9.50 Å². The lowest BCUT2D eigenvalue weighted by atomic mass is 10.1. The van der Waals surface area contributed by atoms with Crippen molar-refractivity contribution in [2.45, 2.75) is 6.10 Å². The smallest absolute Gasteiger partial charge is 0.143 e. The van der Waals surface area contributed by atoms with Gasteiger partial charge >= 0.3 is 0 Å². The summed E-state index contributed by atoms with van der Waals surface area (Å²) in [4.78, 5) is 0. The van der Waals surface area contributed by atoms with E-state index in [1.54, 1.807) is 0 Å². The van der Waals surface area contributed by atoms with Crippen LogP contribution in [0.2, 0.25) is 5.02 Å². The van der Waals surface area contributed by atoms with Crippen LogP contribution < -0.4 is 10.1 Å². The van der Waals surface area contributed by atoms with E-state index in [0.717, 1.165) is 28.0 Å². The Morgan fingerprint density at radius 2 is 2.11 bits per heavy atom. The van der Waals surface area contributed by atoms with Gasteiger partial charge in [-0.25, -0.2) is 0 Å². The molecule has 0 saturated heterocycles. The lowest BCUT2D eigenvalue weighted by Crippen LogP contribution is -2.23. The van der Waals surface area contributed by atoms with Crippen LogP contribution in [0.1, 0.15) is 11.7 Å². The third-order valence-corrected chi connectivity index (χ3v) is 3.64. The van der Waals surface area contributed by atoms with Crippen LogP contribution in [0.5, 0.6) is 5.75 Å². The van der Waals surface area contributed by atoms with Crippen molar-refractivity contribution >= 4 is 33.2 Å². The van der Waals surface area contributed by atoms with E-state index in [1.807, 2.05) is 30.3 Å². The Kier molecular flexibility index (Phi) is 3.18. The standard InChI is InChI=1S/C14H11BrClNO/c15-10-3-1-2-9(6-10)14-8-17-12-7-11(16)4-5-13(12)18-14/h1-7,14,17H,8H2. The molecule has 2 aromatic carbocycles. The molecule has 0 radical (unpaired) electrons. The number of benzene rings is 2. The summed E-state index contributed by atoms with van der Waals surface area (Å²) in [5.74, 6) is 0.843. The third kappa shape index (κ3) is 2.33. The van der Waals surface area contributed by atoms with Crippen LogP contribution in [0.15, 0.2) is 46.9 Å². The van der Waals surface area contributed by atoms with Crippen molar-refractivity contribution in [3.05, 3.63) is 57.5 Å². The number of rotatable bonds is 1. The Morgan fingerprint density at radius 1 is 1.22 bits per heavy atom. The van der Waals surface area contributed by atoms with E-state index in [4.69, 9.17) is 16.3 Å². The van der Waals surface area contributed by atoms with Crippen LogP contribution >= 0.6 is 27.5 Å². The van der Waals surface area contributed by atoms with E-state index in [2.05, 4.69) is 33.4 Å². The average molecular weight is 325 g/mol. The molecule has 2 aromatic rings. The lowest BCUT2D eigenvalue weighted by molar-refractivity contribution is 0.210. The van der Waals surface area contributed by atoms with E-state index in [0.29, 0.717) is 5.02 Å². The highest BCUT2D eigenvalue weighted by atomic mass is 79.9. The van der Waals surface area contributed by atoms with E-state index in [1.165, 1.54) is 0 Å². The highest BCUT2D eigenvalue weighted by Gasteiger charge is 2.20. The molecule has 1 aliphatic heterocycles. The average Bonchev–Trinajstić information content (AvgIpc) is 2.38. The van der Waals surface area contributed by atoms with Crippen molar-refractivity contribution in [3.63, 3.8) is 0 Å². The van der Waals surface area contributed by atoms with Gasteiger partial charge in [-0.3, -0.25) is 0 Å². The molecule has 1 N–H and O–H groups in total. The van der Waals surface area contributed by atoms with Crippen molar-refractivity contribution in [1.29, 1.82) is 0 Å². The van der Waals surface area contributed by atoms with Gasteiger partial charge in [-0.2, -0.15) is 0 Å². The number of hydrogen-bond acceptors (Lipinski definition) is 2. The first-order chi connectivity index (χ1) is 8.72. The second-order valence-corrected chi connectivity index (χ2v) is 5.53. The Morgan fingerprint density at radius 3 is 2.94 bits per heavy atom. The van der Waals surface area contributed by atoms with Gasteiger partial charge in [0.25, 0.3) is 0 Å². The molecule has 4 heteroatoms. The molecule has 3 rings (SSSR count). The van der Waals surface area contributed by atoms with E-state index in [-0.39, 0.29) is 6.10 Å². The zero-order valence-electron chi connectivity index (χ0n) is 9.49. The summed E-state index contributed by atoms with van der Waals surface area (Å²) in [6.45, 7) is 0.740. The maximum absolute atomic E-state index is 5.99. The van der Waals surface area contributed by atoms with Crippen LogP contribution in [-0.2, 0) is 0 Å². The molecule has 0 spiro atoms. The van der Waals surface area contributed by atoms with Gasteiger partial charge in [-0.05, 0) is 35.9 Å². The summed E-state index contributed by atoms with van der Waals surface area (Å²) in [6, 6.07) is 13.8. The summed E-state index contributed by atoms with van der Waals surface area (Å²) in [5.41, 5.74) is 2.10. The number of anilines is 1. The minimum Gasteiger partial charge on any atom is -0.482 e. The topological polar surface area (TPSA) is 21.3 Å². The minimum absolute atomic E-state index is 0.0242. The summed E-state index contributed by atoms with van der Waals surface area (Å²) < 4.78 is 7.05. The SMILES string of the molecule is Clc1ccc2c(c1)NCC(c1cccc(Br)c1)O2. The third-order valence-electron chi connectivity index (χ3n) is 2.91. The number of halogens is 2. The van der Waals surface area contributed by atoms with E-state index < -0.39 is 0 Å². The molecule has 1 atom stereocenters. The molecule has 0 aromatic heterocycles. The number of nitrogens with one attached hydrogen (secondary N) is 1. The Bertz CT molecular complexity index is 588. The fourth-order valence-corrected chi connectivity index (χ4v) is 2.62. The van der Waals surface area contributed by atoms with Crippen molar-refractivity contribution < 1.29 is 4.74 Å². The number of fused-ring (bicyclic) bond motifs is 1. The maximum Gasteiger partial charge on any atom is 0.143 e. The van der Waals surface area contributed by atoms with E-state index >= 15 is 0 Å². The predicted molar refractivity (Wildman–Crippen MR) is 77.5 cm³/mol. The number of ether oxygens (including phenoxy) is 1. The first-order valence-electron chi connectivity index (χ1n) is 5.68. The zero-order valence-corrected chi connectivity index (χ0v) is 11.8. The molecule has 2 nitrogen and oxygen atoms in total. The van der Waals surface area contributed by atoms with Gasteiger partial charge in [0.05, 0.1) is 12.2 Å². The molecular formula is C14H11BrClNO. The highest BCUT2D eigenvalue weighted by Crippen LogP contribution is 2.36. The molecule has 0 aliphatic carbocycles. The Hall–Kier alpha value is -1.19. The Balaban J connectivity index is 1.89. The minimum atomic E-state index is 0.0242. The normalized spacial score (nSPS) is 17.6. The molecule has 18 heavy (non-hydrogen) atoms. The van der Waals surface area contributed by atoms with Crippen LogP contribution in [0.25, 0.3) is 0 Å². The second-order valence-electron chi connectivity index (χ2n) is 4.18. The Labute approximate surface area is 119 Å². The molecule has 0 bridgehead atoms. The lowest BCUT2D eigenvalue weighted by Gasteiger charge is -2.27. The first-order valence-corrected chi connectivity index (χ1v) is 6.85. The van der Waals surface area contributed by atoms with Crippen molar-refractivity contribution in [2.75, 3.05) is 11.9 Å². The first kappa shape index (κ1) is 11.9. The summed E-state index contributed by atoms with van der Waals surface area (Å²) in [6.07, 6.45) is 0.0242. The summed E-state index contributed by atoms with van der Waals surface area (Å²) in [7, 11) is 0. The maximum atomic E-state index is 5.99.